The van der Waals surface area contributed by atoms with Crippen LogP contribution in [0.5, 0.6) is 11.5 Å². The van der Waals surface area contributed by atoms with Crippen molar-refractivity contribution in [3.05, 3.63) is 57.0 Å². The first kappa shape index (κ1) is 16.6. The fourth-order valence-electron chi connectivity index (χ4n) is 1.93. The number of amides is 1. The molecule has 0 aliphatic carbocycles. The largest absolute Gasteiger partial charge is 0.503 e. The third-order valence-corrected chi connectivity index (χ3v) is 3.98. The summed E-state index contributed by atoms with van der Waals surface area (Å²) in [6.07, 6.45) is 0.708. The zero-order valence-electron chi connectivity index (χ0n) is 11.9. The van der Waals surface area contributed by atoms with Crippen LogP contribution in [0.3, 0.4) is 0 Å². The number of carbonyl (C=O) groups excluding carboxylic acids is 1. The number of halogens is 2. The highest BCUT2D eigenvalue weighted by Crippen LogP contribution is 2.35. The fraction of sp³-hybridized carbons (Fsp3) is 0.188. The van der Waals surface area contributed by atoms with Crippen molar-refractivity contribution in [3.8, 4) is 11.5 Å². The van der Waals surface area contributed by atoms with Crippen molar-refractivity contribution in [1.82, 2.24) is 5.32 Å². The van der Waals surface area contributed by atoms with Gasteiger partial charge in [-0.2, -0.15) is 0 Å². The predicted octanol–water partition coefficient (Wildman–Crippen LogP) is 3.79. The zero-order valence-corrected chi connectivity index (χ0v) is 14.2. The van der Waals surface area contributed by atoms with Crippen LogP contribution < -0.4 is 10.1 Å². The maximum atomic E-state index is 12.1. The van der Waals surface area contributed by atoms with Gasteiger partial charge in [-0.1, -0.05) is 23.7 Å². The van der Waals surface area contributed by atoms with Crippen LogP contribution in [0.15, 0.2) is 40.9 Å². The number of ether oxygens (including phenoxy) is 1. The molecule has 0 bridgehead atoms. The Morgan fingerprint density at radius 2 is 2.00 bits per heavy atom. The van der Waals surface area contributed by atoms with Crippen molar-refractivity contribution < 1.29 is 14.6 Å². The predicted molar refractivity (Wildman–Crippen MR) is 89.8 cm³/mol. The first-order valence-electron chi connectivity index (χ1n) is 6.60. The minimum absolute atomic E-state index is 0.0276. The lowest BCUT2D eigenvalue weighted by Crippen LogP contribution is -2.25. The number of nitrogens with one attached hydrogen (secondary N) is 1. The van der Waals surface area contributed by atoms with Crippen LogP contribution in [0.1, 0.15) is 15.9 Å². The van der Waals surface area contributed by atoms with Crippen molar-refractivity contribution in [3.63, 3.8) is 0 Å². The molecule has 0 aliphatic heterocycles. The number of phenolic OH excluding ortho intramolecular Hbond substituents is 1. The Balaban J connectivity index is 1.97. The SMILES string of the molecule is COc1cc(C(=O)NCCc2ccc(Cl)cc2)cc(Br)c1O. The lowest BCUT2D eigenvalue weighted by atomic mass is 10.1. The highest BCUT2D eigenvalue weighted by molar-refractivity contribution is 9.10. The summed E-state index contributed by atoms with van der Waals surface area (Å²) in [5.41, 5.74) is 1.51. The van der Waals surface area contributed by atoms with Gasteiger partial charge in [-0.05, 0) is 52.2 Å². The summed E-state index contributed by atoms with van der Waals surface area (Å²) in [5, 5.41) is 13.3. The standard InChI is InChI=1S/C16H15BrClNO3/c1-22-14-9-11(8-13(17)15(14)20)16(21)19-7-6-10-2-4-12(18)5-3-10/h2-5,8-9,20H,6-7H2,1H3,(H,19,21). The Morgan fingerprint density at radius 1 is 1.32 bits per heavy atom. The van der Waals surface area contributed by atoms with Crippen molar-refractivity contribution in [1.29, 1.82) is 0 Å². The van der Waals surface area contributed by atoms with Gasteiger partial charge in [0.1, 0.15) is 0 Å². The van der Waals surface area contributed by atoms with Crippen LogP contribution >= 0.6 is 27.5 Å². The summed E-state index contributed by atoms with van der Waals surface area (Å²) < 4.78 is 5.44. The Morgan fingerprint density at radius 3 is 2.64 bits per heavy atom. The molecule has 0 saturated carbocycles. The molecule has 0 saturated heterocycles. The Bertz CT molecular complexity index is 674. The van der Waals surface area contributed by atoms with E-state index in [9.17, 15) is 9.90 Å². The molecule has 0 unspecified atom stereocenters. The van der Waals surface area contributed by atoms with Crippen molar-refractivity contribution in [2.24, 2.45) is 0 Å². The van der Waals surface area contributed by atoms with Gasteiger partial charge in [-0.3, -0.25) is 4.79 Å². The van der Waals surface area contributed by atoms with Gasteiger partial charge >= 0.3 is 0 Å². The molecule has 0 spiro atoms. The van der Waals surface area contributed by atoms with E-state index < -0.39 is 0 Å². The van der Waals surface area contributed by atoms with E-state index in [0.29, 0.717) is 28.0 Å². The van der Waals surface area contributed by atoms with E-state index in [-0.39, 0.29) is 17.4 Å². The zero-order chi connectivity index (χ0) is 16.1. The highest BCUT2D eigenvalue weighted by Gasteiger charge is 2.13. The lowest BCUT2D eigenvalue weighted by molar-refractivity contribution is 0.0953. The molecule has 1 amide bonds. The molecule has 0 aliphatic rings. The van der Waals surface area contributed by atoms with Crippen molar-refractivity contribution >= 4 is 33.4 Å². The molecule has 2 aromatic rings. The number of hydrogen-bond donors (Lipinski definition) is 2. The molecular weight excluding hydrogens is 370 g/mol. The van der Waals surface area contributed by atoms with E-state index in [2.05, 4.69) is 21.2 Å². The molecule has 0 heterocycles. The molecule has 22 heavy (non-hydrogen) atoms. The summed E-state index contributed by atoms with van der Waals surface area (Å²) in [7, 11) is 1.43. The molecule has 0 atom stereocenters. The Labute approximate surface area is 142 Å². The van der Waals surface area contributed by atoms with E-state index in [1.54, 1.807) is 6.07 Å². The molecule has 0 radical (unpaired) electrons. The summed E-state index contributed by atoms with van der Waals surface area (Å²) in [6, 6.07) is 10.5. The van der Waals surface area contributed by atoms with Crippen LogP contribution in [-0.2, 0) is 6.42 Å². The summed E-state index contributed by atoms with van der Waals surface area (Å²) in [4.78, 5) is 12.1. The number of phenols is 1. The second-order valence-corrected chi connectivity index (χ2v) is 5.93. The van der Waals surface area contributed by atoms with Gasteiger partial charge in [0.05, 0.1) is 11.6 Å². The molecule has 6 heteroatoms. The summed E-state index contributed by atoms with van der Waals surface area (Å²) >= 11 is 9.02. The number of aromatic hydroxyl groups is 1. The third-order valence-electron chi connectivity index (χ3n) is 3.12. The fourth-order valence-corrected chi connectivity index (χ4v) is 2.50. The molecule has 116 valence electrons. The van der Waals surface area contributed by atoms with E-state index in [4.69, 9.17) is 16.3 Å². The van der Waals surface area contributed by atoms with Crippen LogP contribution in [0, 0.1) is 0 Å². The number of carbonyl (C=O) groups is 1. The Hall–Kier alpha value is -1.72. The van der Waals surface area contributed by atoms with Gasteiger partial charge < -0.3 is 15.2 Å². The van der Waals surface area contributed by atoms with Crippen LogP contribution in [-0.4, -0.2) is 24.7 Å². The first-order valence-corrected chi connectivity index (χ1v) is 7.77. The van der Waals surface area contributed by atoms with Crippen LogP contribution in [0.2, 0.25) is 5.02 Å². The number of hydrogen-bond acceptors (Lipinski definition) is 3. The van der Waals surface area contributed by atoms with Gasteiger partial charge in [0, 0.05) is 17.1 Å². The molecule has 2 N–H and O–H groups in total. The van der Waals surface area contributed by atoms with Gasteiger partial charge in [-0.25, -0.2) is 0 Å². The minimum Gasteiger partial charge on any atom is -0.503 e. The number of benzene rings is 2. The topological polar surface area (TPSA) is 58.6 Å². The molecular formula is C16H15BrClNO3. The summed E-state index contributed by atoms with van der Waals surface area (Å²) in [5.74, 6) is -0.00889. The van der Waals surface area contributed by atoms with Gasteiger partial charge in [0.25, 0.3) is 5.91 Å². The molecule has 0 aromatic heterocycles. The minimum atomic E-state index is -0.229. The number of methoxy groups -OCH3 is 1. The van der Waals surface area contributed by atoms with Gasteiger partial charge in [-0.15, -0.1) is 0 Å². The van der Waals surface area contributed by atoms with E-state index in [0.717, 1.165) is 5.56 Å². The maximum Gasteiger partial charge on any atom is 0.251 e. The number of rotatable bonds is 5. The van der Waals surface area contributed by atoms with Gasteiger partial charge in [0.2, 0.25) is 0 Å². The lowest BCUT2D eigenvalue weighted by Gasteiger charge is -2.09. The second-order valence-electron chi connectivity index (χ2n) is 4.64. The quantitative estimate of drug-likeness (QED) is 0.824. The average Bonchev–Trinajstić information content (AvgIpc) is 2.51. The smallest absolute Gasteiger partial charge is 0.251 e. The average molecular weight is 385 g/mol. The monoisotopic (exact) mass is 383 g/mol. The van der Waals surface area contributed by atoms with Crippen LogP contribution in [0.4, 0.5) is 0 Å². The van der Waals surface area contributed by atoms with E-state index >= 15 is 0 Å². The maximum absolute atomic E-state index is 12.1. The third kappa shape index (κ3) is 4.15. The van der Waals surface area contributed by atoms with E-state index in [1.165, 1.54) is 13.2 Å². The van der Waals surface area contributed by atoms with Crippen LogP contribution in [0.25, 0.3) is 0 Å². The van der Waals surface area contributed by atoms with Crippen molar-refractivity contribution in [2.75, 3.05) is 13.7 Å². The molecule has 4 nitrogen and oxygen atoms in total. The molecule has 2 rings (SSSR count). The summed E-state index contributed by atoms with van der Waals surface area (Å²) in [6.45, 7) is 0.501. The second kappa shape index (κ2) is 7.51. The van der Waals surface area contributed by atoms with Crippen molar-refractivity contribution in [2.45, 2.75) is 6.42 Å². The Kier molecular flexibility index (Phi) is 5.69. The molecule has 0 fully saturated rings. The highest BCUT2D eigenvalue weighted by atomic mass is 79.9. The molecule has 2 aromatic carbocycles. The van der Waals surface area contributed by atoms with Gasteiger partial charge in [0.15, 0.2) is 11.5 Å². The van der Waals surface area contributed by atoms with E-state index in [1.807, 2.05) is 24.3 Å². The first-order chi connectivity index (χ1) is 10.5. The normalized spacial score (nSPS) is 10.3.